The van der Waals surface area contributed by atoms with Gasteiger partial charge in [0.2, 0.25) is 0 Å². The van der Waals surface area contributed by atoms with Crippen molar-refractivity contribution in [2.75, 3.05) is 0 Å². The minimum Gasteiger partial charge on any atom is -0.0761 e. The molecule has 0 saturated heterocycles. The van der Waals surface area contributed by atoms with Gasteiger partial charge >= 0.3 is 0 Å². The Morgan fingerprint density at radius 3 is 1.71 bits per heavy atom. The zero-order chi connectivity index (χ0) is 25.1. The molecule has 4 aromatic rings. The third-order valence-corrected chi connectivity index (χ3v) is 10.4. The Balaban J connectivity index is 1.40. The molecule has 0 heteroatoms. The largest absolute Gasteiger partial charge is 0.0761 e. The van der Waals surface area contributed by atoms with Gasteiger partial charge in [-0.2, -0.15) is 0 Å². The number of hydrogen-bond donors (Lipinski definition) is 0. The molecule has 4 unspecified atom stereocenters. The summed E-state index contributed by atoms with van der Waals surface area (Å²) in [7, 11) is 0. The van der Waals surface area contributed by atoms with E-state index >= 15 is 0 Å². The van der Waals surface area contributed by atoms with Crippen molar-refractivity contribution in [2.45, 2.75) is 37.0 Å². The molecule has 4 atom stereocenters. The van der Waals surface area contributed by atoms with Crippen LogP contribution in [0.2, 0.25) is 0 Å². The standard InChI is InChI=1S/C38H34/c1-3-11-29(12-4-1)38(30-13-5-2-6-14-30,31-22-21-28(25-31)36-24-26-19-20-27(36)23-26)37-34-17-9-7-15-32(34)33-16-8-10-18-35(33)37/h1-18,21-22,25-27,31,36-37H,19-20,23-24H2. The number of benzene rings is 4. The van der Waals surface area contributed by atoms with Crippen LogP contribution in [0.15, 0.2) is 133 Å². The zero-order valence-electron chi connectivity index (χ0n) is 21.8. The monoisotopic (exact) mass is 490 g/mol. The maximum atomic E-state index is 2.69. The highest BCUT2D eigenvalue weighted by atomic mass is 14.5. The van der Waals surface area contributed by atoms with Crippen molar-refractivity contribution in [2.24, 2.45) is 23.7 Å². The second kappa shape index (κ2) is 8.70. The van der Waals surface area contributed by atoms with Gasteiger partial charge in [0.1, 0.15) is 0 Å². The number of hydrogen-bond acceptors (Lipinski definition) is 0. The van der Waals surface area contributed by atoms with Crippen molar-refractivity contribution in [3.8, 4) is 11.1 Å². The fourth-order valence-corrected chi connectivity index (χ4v) is 8.87. The molecule has 2 fully saturated rings. The summed E-state index contributed by atoms with van der Waals surface area (Å²) < 4.78 is 0. The van der Waals surface area contributed by atoms with E-state index in [1.807, 2.05) is 0 Å². The lowest BCUT2D eigenvalue weighted by Crippen LogP contribution is -2.40. The second-order valence-corrected chi connectivity index (χ2v) is 12.0. The van der Waals surface area contributed by atoms with Crippen LogP contribution in [0.5, 0.6) is 0 Å². The molecular weight excluding hydrogens is 456 g/mol. The highest BCUT2D eigenvalue weighted by molar-refractivity contribution is 5.81. The fraction of sp³-hybridized carbons (Fsp3) is 0.263. The minimum absolute atomic E-state index is 0.227. The van der Waals surface area contributed by atoms with Crippen molar-refractivity contribution in [3.63, 3.8) is 0 Å². The first-order valence-corrected chi connectivity index (χ1v) is 14.5. The van der Waals surface area contributed by atoms with E-state index in [1.54, 1.807) is 5.57 Å². The summed E-state index contributed by atoms with van der Waals surface area (Å²) in [6.07, 6.45) is 13.5. The Labute approximate surface area is 226 Å². The quantitative estimate of drug-likeness (QED) is 0.261. The van der Waals surface area contributed by atoms with E-state index in [0.29, 0.717) is 0 Å². The van der Waals surface area contributed by atoms with Crippen LogP contribution < -0.4 is 0 Å². The Hall–Kier alpha value is -3.64. The molecule has 38 heavy (non-hydrogen) atoms. The molecule has 0 N–H and O–H groups in total. The molecule has 8 rings (SSSR count). The van der Waals surface area contributed by atoms with Gasteiger partial charge in [-0.1, -0.05) is 134 Å². The van der Waals surface area contributed by atoms with E-state index in [4.69, 9.17) is 0 Å². The molecule has 0 amide bonds. The van der Waals surface area contributed by atoms with Gasteiger partial charge in [-0.25, -0.2) is 0 Å². The number of rotatable bonds is 5. The van der Waals surface area contributed by atoms with Crippen LogP contribution in [-0.2, 0) is 5.41 Å². The van der Waals surface area contributed by atoms with E-state index in [1.165, 1.54) is 59.1 Å². The number of fused-ring (bicyclic) bond motifs is 5. The third kappa shape index (κ3) is 3.16. The van der Waals surface area contributed by atoms with Crippen LogP contribution in [0.25, 0.3) is 11.1 Å². The Morgan fingerprint density at radius 1 is 0.579 bits per heavy atom. The zero-order valence-corrected chi connectivity index (χ0v) is 21.8. The summed E-state index contributed by atoms with van der Waals surface area (Å²) >= 11 is 0. The van der Waals surface area contributed by atoms with Crippen LogP contribution in [-0.4, -0.2) is 0 Å². The van der Waals surface area contributed by atoms with E-state index in [2.05, 4.69) is 127 Å². The van der Waals surface area contributed by atoms with Gasteiger partial charge in [-0.15, -0.1) is 0 Å². The van der Waals surface area contributed by atoms with Gasteiger partial charge < -0.3 is 0 Å². The molecule has 4 aromatic carbocycles. The van der Waals surface area contributed by atoms with Crippen LogP contribution in [0, 0.1) is 23.7 Å². The number of allylic oxidation sites excluding steroid dienone is 4. The molecule has 0 heterocycles. The van der Waals surface area contributed by atoms with E-state index < -0.39 is 0 Å². The van der Waals surface area contributed by atoms with E-state index in [9.17, 15) is 0 Å². The van der Waals surface area contributed by atoms with Crippen molar-refractivity contribution >= 4 is 0 Å². The first-order valence-electron chi connectivity index (χ1n) is 14.5. The normalized spacial score (nSPS) is 25.4. The Bertz CT molecular complexity index is 1450. The predicted molar refractivity (Wildman–Crippen MR) is 157 cm³/mol. The summed E-state index contributed by atoms with van der Waals surface area (Å²) in [6.45, 7) is 0. The van der Waals surface area contributed by atoms with Crippen molar-refractivity contribution in [3.05, 3.63) is 155 Å². The molecule has 0 spiro atoms. The summed E-state index contributed by atoms with van der Waals surface area (Å²) in [5.41, 5.74) is 9.87. The highest BCUT2D eigenvalue weighted by Gasteiger charge is 2.52. The van der Waals surface area contributed by atoms with Crippen LogP contribution >= 0.6 is 0 Å². The van der Waals surface area contributed by atoms with Gasteiger partial charge in [0.15, 0.2) is 0 Å². The lowest BCUT2D eigenvalue weighted by Gasteiger charge is -2.45. The molecule has 186 valence electrons. The van der Waals surface area contributed by atoms with E-state index in [0.717, 1.165) is 17.8 Å². The van der Waals surface area contributed by atoms with Crippen molar-refractivity contribution in [1.29, 1.82) is 0 Å². The predicted octanol–water partition coefficient (Wildman–Crippen LogP) is 9.33. The van der Waals surface area contributed by atoms with E-state index in [-0.39, 0.29) is 17.3 Å². The lowest BCUT2D eigenvalue weighted by molar-refractivity contribution is 0.375. The average molecular weight is 491 g/mol. The highest BCUT2D eigenvalue weighted by Crippen LogP contribution is 2.61. The molecule has 0 aliphatic heterocycles. The second-order valence-electron chi connectivity index (χ2n) is 12.0. The molecule has 4 aliphatic rings. The van der Waals surface area contributed by atoms with Gasteiger partial charge in [0.05, 0.1) is 0 Å². The van der Waals surface area contributed by atoms with Crippen LogP contribution in [0.3, 0.4) is 0 Å². The lowest BCUT2D eigenvalue weighted by atomic mass is 9.56. The smallest absolute Gasteiger partial charge is 0.0409 e. The molecule has 0 radical (unpaired) electrons. The molecule has 2 bridgehead atoms. The molecule has 0 nitrogen and oxygen atoms in total. The third-order valence-electron chi connectivity index (χ3n) is 10.4. The first-order chi connectivity index (χ1) is 18.8. The molecular formula is C38H34. The molecule has 2 saturated carbocycles. The summed E-state index contributed by atoms with van der Waals surface area (Å²) in [4.78, 5) is 0. The first kappa shape index (κ1) is 22.4. The van der Waals surface area contributed by atoms with Gasteiger partial charge in [0.25, 0.3) is 0 Å². The van der Waals surface area contributed by atoms with Gasteiger partial charge in [0, 0.05) is 17.3 Å². The maximum absolute atomic E-state index is 2.69. The topological polar surface area (TPSA) is 0 Å². The molecule has 0 aromatic heterocycles. The van der Waals surface area contributed by atoms with Gasteiger partial charge in [-0.3, -0.25) is 0 Å². The summed E-state index contributed by atoms with van der Waals surface area (Å²) in [5, 5.41) is 0. The Morgan fingerprint density at radius 2 is 1.16 bits per heavy atom. The SMILES string of the molecule is C1=CC(C(c2ccccc2)(c2ccccc2)C2c3ccccc3-c3ccccc32)C=C1C1CC2CCC1C2. The van der Waals surface area contributed by atoms with Gasteiger partial charge in [-0.05, 0) is 76.0 Å². The fourth-order valence-electron chi connectivity index (χ4n) is 8.87. The van der Waals surface area contributed by atoms with Crippen LogP contribution in [0.4, 0.5) is 0 Å². The van der Waals surface area contributed by atoms with Crippen molar-refractivity contribution in [1.82, 2.24) is 0 Å². The molecule has 4 aliphatic carbocycles. The average Bonchev–Trinajstić information content (AvgIpc) is 3.79. The Kier molecular flexibility index (Phi) is 5.12. The summed E-state index contributed by atoms with van der Waals surface area (Å²) in [5.74, 6) is 3.11. The summed E-state index contributed by atoms with van der Waals surface area (Å²) in [6, 6.07) is 41.1. The van der Waals surface area contributed by atoms with Crippen LogP contribution in [0.1, 0.15) is 53.9 Å². The maximum Gasteiger partial charge on any atom is 0.0409 e. The van der Waals surface area contributed by atoms with Crippen molar-refractivity contribution < 1.29 is 0 Å². The minimum atomic E-state index is -0.249.